The summed E-state index contributed by atoms with van der Waals surface area (Å²) in [5, 5.41) is 7.29. The van der Waals surface area contributed by atoms with Crippen molar-refractivity contribution >= 4 is 56.4 Å². The third-order valence-corrected chi connectivity index (χ3v) is 5.31. The number of fused-ring (bicyclic) bond motifs is 2. The molecule has 0 spiro atoms. The smallest absolute Gasteiger partial charge is 0.224 e. The first-order chi connectivity index (χ1) is 15.8. The Morgan fingerprint density at radius 3 is 1.58 bits per heavy atom. The first-order valence-corrected chi connectivity index (χ1v) is 10.7. The lowest BCUT2D eigenvalue weighted by molar-refractivity contribution is -0.117. The quantitative estimate of drug-likeness (QED) is 0.351. The fourth-order valence-corrected chi connectivity index (χ4v) is 3.79. The number of aryl methyl sites for hydroxylation is 2. The molecular formula is C25H26N6O2. The Labute approximate surface area is 191 Å². The molecule has 6 N–H and O–H groups in total. The first kappa shape index (κ1) is 22.0. The van der Waals surface area contributed by atoms with Gasteiger partial charge in [-0.2, -0.15) is 0 Å². The average molecular weight is 443 g/mol. The second-order valence-corrected chi connectivity index (χ2v) is 8.12. The normalized spacial score (nSPS) is 11.0. The molecule has 0 unspecified atom stereocenters. The molecule has 2 amide bonds. The maximum Gasteiger partial charge on any atom is 0.224 e. The molecule has 0 aliphatic carbocycles. The highest BCUT2D eigenvalue weighted by atomic mass is 16.2. The topological polar surface area (TPSA) is 136 Å². The standard InChI is InChI=1S/C25H26N6O2/c1-14-10-20(26)18-12-16(6-8-22(18)28-14)30-24(32)4-3-5-25(33)31-17-7-9-23-19(13-17)21(27)11-15(2)29-23/h6-13H,3-5H2,1-2H3,(H2,26,28)(H2,27,29)(H,30,32)(H,31,33). The molecule has 2 aromatic heterocycles. The summed E-state index contributed by atoms with van der Waals surface area (Å²) < 4.78 is 0. The van der Waals surface area contributed by atoms with Gasteiger partial charge in [-0.05, 0) is 68.8 Å². The van der Waals surface area contributed by atoms with E-state index in [4.69, 9.17) is 11.5 Å². The second-order valence-electron chi connectivity index (χ2n) is 8.12. The number of nitrogen functional groups attached to an aromatic ring is 2. The Morgan fingerprint density at radius 1 is 0.727 bits per heavy atom. The number of nitrogens with one attached hydrogen (secondary N) is 2. The highest BCUT2D eigenvalue weighted by molar-refractivity contribution is 5.99. The number of pyridine rings is 2. The van der Waals surface area contributed by atoms with Crippen LogP contribution in [0.5, 0.6) is 0 Å². The molecule has 0 saturated carbocycles. The summed E-state index contributed by atoms with van der Waals surface area (Å²) in [5.74, 6) is -0.332. The molecule has 8 heteroatoms. The summed E-state index contributed by atoms with van der Waals surface area (Å²) in [5.41, 5.74) is 17.9. The van der Waals surface area contributed by atoms with Gasteiger partial charge in [-0.15, -0.1) is 0 Å². The number of anilines is 4. The van der Waals surface area contributed by atoms with Crippen LogP contribution < -0.4 is 22.1 Å². The van der Waals surface area contributed by atoms with E-state index in [0.29, 0.717) is 29.2 Å². The van der Waals surface area contributed by atoms with Gasteiger partial charge in [0, 0.05) is 57.8 Å². The second kappa shape index (κ2) is 9.12. The summed E-state index contributed by atoms with van der Waals surface area (Å²) >= 11 is 0. The molecule has 2 aromatic carbocycles. The molecule has 8 nitrogen and oxygen atoms in total. The van der Waals surface area contributed by atoms with E-state index < -0.39 is 0 Å². The van der Waals surface area contributed by atoms with Crippen molar-refractivity contribution in [2.24, 2.45) is 0 Å². The van der Waals surface area contributed by atoms with Gasteiger partial charge < -0.3 is 22.1 Å². The van der Waals surface area contributed by atoms with E-state index in [1.807, 2.05) is 38.1 Å². The molecule has 0 aliphatic heterocycles. The minimum Gasteiger partial charge on any atom is -0.398 e. The van der Waals surface area contributed by atoms with Crippen LogP contribution >= 0.6 is 0 Å². The van der Waals surface area contributed by atoms with E-state index in [0.717, 1.165) is 33.2 Å². The number of benzene rings is 2. The third-order valence-electron chi connectivity index (χ3n) is 5.31. The lowest BCUT2D eigenvalue weighted by atomic mass is 10.1. The molecular weight excluding hydrogens is 416 g/mol. The maximum atomic E-state index is 12.3. The number of nitrogens with two attached hydrogens (primary N) is 2. The number of aromatic nitrogens is 2. The van der Waals surface area contributed by atoms with Crippen LogP contribution in [-0.4, -0.2) is 21.8 Å². The Morgan fingerprint density at radius 2 is 1.15 bits per heavy atom. The number of hydrogen-bond donors (Lipinski definition) is 4. The highest BCUT2D eigenvalue weighted by Crippen LogP contribution is 2.25. The van der Waals surface area contributed by atoms with Gasteiger partial charge in [-0.1, -0.05) is 0 Å². The van der Waals surface area contributed by atoms with Crippen LogP contribution in [0.15, 0.2) is 48.5 Å². The Kier molecular flexibility index (Phi) is 6.08. The monoisotopic (exact) mass is 442 g/mol. The molecule has 0 aliphatic rings. The van der Waals surface area contributed by atoms with Crippen molar-refractivity contribution in [1.29, 1.82) is 0 Å². The predicted molar refractivity (Wildman–Crippen MR) is 133 cm³/mol. The van der Waals surface area contributed by atoms with Crippen LogP contribution in [0.3, 0.4) is 0 Å². The van der Waals surface area contributed by atoms with Crippen molar-refractivity contribution in [3.8, 4) is 0 Å². The maximum absolute atomic E-state index is 12.3. The molecule has 4 rings (SSSR count). The summed E-state index contributed by atoms with van der Waals surface area (Å²) in [4.78, 5) is 33.5. The molecule has 2 heterocycles. The van der Waals surface area contributed by atoms with Crippen LogP contribution in [0, 0.1) is 13.8 Å². The molecule has 0 radical (unpaired) electrons. The molecule has 0 fully saturated rings. The van der Waals surface area contributed by atoms with Gasteiger partial charge in [-0.25, -0.2) is 0 Å². The zero-order valence-corrected chi connectivity index (χ0v) is 18.6. The minimum absolute atomic E-state index is 0.166. The summed E-state index contributed by atoms with van der Waals surface area (Å²) in [6.45, 7) is 3.77. The van der Waals surface area contributed by atoms with Gasteiger partial charge in [-0.3, -0.25) is 19.6 Å². The van der Waals surface area contributed by atoms with Crippen LogP contribution in [0.25, 0.3) is 21.8 Å². The van der Waals surface area contributed by atoms with Crippen molar-refractivity contribution in [3.63, 3.8) is 0 Å². The van der Waals surface area contributed by atoms with E-state index in [2.05, 4.69) is 20.6 Å². The summed E-state index contributed by atoms with van der Waals surface area (Å²) in [7, 11) is 0. The Bertz CT molecular complexity index is 1280. The zero-order chi connectivity index (χ0) is 23.5. The van der Waals surface area contributed by atoms with Crippen LogP contribution in [0.2, 0.25) is 0 Å². The number of carbonyl (C=O) groups excluding carboxylic acids is 2. The fourth-order valence-electron chi connectivity index (χ4n) is 3.79. The number of rotatable bonds is 6. The Hall–Kier alpha value is -4.20. The van der Waals surface area contributed by atoms with Gasteiger partial charge >= 0.3 is 0 Å². The summed E-state index contributed by atoms with van der Waals surface area (Å²) in [6.07, 6.45) is 0.868. The minimum atomic E-state index is -0.166. The molecule has 0 bridgehead atoms. The van der Waals surface area contributed by atoms with Crippen molar-refractivity contribution in [2.45, 2.75) is 33.1 Å². The number of carbonyl (C=O) groups is 2. The summed E-state index contributed by atoms with van der Waals surface area (Å²) in [6, 6.07) is 14.5. The average Bonchev–Trinajstić information content (AvgIpc) is 2.74. The molecule has 0 saturated heterocycles. The lowest BCUT2D eigenvalue weighted by Gasteiger charge is -2.09. The number of hydrogen-bond acceptors (Lipinski definition) is 6. The van der Waals surface area contributed by atoms with E-state index >= 15 is 0 Å². The van der Waals surface area contributed by atoms with E-state index in [1.54, 1.807) is 24.3 Å². The number of amides is 2. The van der Waals surface area contributed by atoms with Gasteiger partial charge in [0.1, 0.15) is 0 Å². The zero-order valence-electron chi connectivity index (χ0n) is 18.6. The molecule has 33 heavy (non-hydrogen) atoms. The van der Waals surface area contributed by atoms with Crippen LogP contribution in [-0.2, 0) is 9.59 Å². The van der Waals surface area contributed by atoms with Crippen molar-refractivity contribution in [3.05, 3.63) is 59.9 Å². The van der Waals surface area contributed by atoms with Gasteiger partial charge in [0.05, 0.1) is 11.0 Å². The van der Waals surface area contributed by atoms with Crippen LogP contribution in [0.4, 0.5) is 22.7 Å². The third kappa shape index (κ3) is 5.17. The molecule has 168 valence electrons. The largest absolute Gasteiger partial charge is 0.398 e. The lowest BCUT2D eigenvalue weighted by Crippen LogP contribution is -2.15. The van der Waals surface area contributed by atoms with Crippen molar-refractivity contribution in [1.82, 2.24) is 9.97 Å². The SMILES string of the molecule is Cc1cc(N)c2cc(NC(=O)CCCC(=O)Nc3ccc4nc(C)cc(N)c4c3)ccc2n1. The predicted octanol–water partition coefficient (Wildman–Crippen LogP) is 4.31. The Balaban J connectivity index is 1.30. The van der Waals surface area contributed by atoms with Gasteiger partial charge in [0.25, 0.3) is 0 Å². The van der Waals surface area contributed by atoms with E-state index in [-0.39, 0.29) is 24.7 Å². The molecule has 4 aromatic rings. The van der Waals surface area contributed by atoms with E-state index in [9.17, 15) is 9.59 Å². The van der Waals surface area contributed by atoms with Crippen LogP contribution in [0.1, 0.15) is 30.7 Å². The van der Waals surface area contributed by atoms with Gasteiger partial charge in [0.2, 0.25) is 11.8 Å². The number of nitrogens with zero attached hydrogens (tertiary/aromatic N) is 2. The van der Waals surface area contributed by atoms with Gasteiger partial charge in [0.15, 0.2) is 0 Å². The fraction of sp³-hybridized carbons (Fsp3) is 0.200. The first-order valence-electron chi connectivity index (χ1n) is 10.7. The van der Waals surface area contributed by atoms with Crippen molar-refractivity contribution < 1.29 is 9.59 Å². The van der Waals surface area contributed by atoms with E-state index in [1.165, 1.54) is 0 Å². The highest BCUT2D eigenvalue weighted by Gasteiger charge is 2.09. The van der Waals surface area contributed by atoms with Crippen molar-refractivity contribution in [2.75, 3.05) is 22.1 Å². The molecule has 0 atom stereocenters.